The number of piperidine rings is 1. The number of likely N-dealkylation sites (tertiary alicyclic amines) is 1. The van der Waals surface area contributed by atoms with Gasteiger partial charge in [0.2, 0.25) is 0 Å². The molecule has 2 atom stereocenters. The second-order valence-corrected chi connectivity index (χ2v) is 6.90. The molecule has 4 nitrogen and oxygen atoms in total. The molecule has 4 heteroatoms. The minimum atomic E-state index is -0.207. The molecule has 2 aliphatic rings. The van der Waals surface area contributed by atoms with Crippen molar-refractivity contribution in [3.05, 3.63) is 35.9 Å². The van der Waals surface area contributed by atoms with Crippen LogP contribution < -0.4 is 0 Å². The van der Waals surface area contributed by atoms with Crippen molar-refractivity contribution in [3.8, 4) is 0 Å². The Morgan fingerprint density at radius 3 is 2.42 bits per heavy atom. The van der Waals surface area contributed by atoms with Crippen molar-refractivity contribution in [2.45, 2.75) is 65.3 Å². The van der Waals surface area contributed by atoms with Crippen LogP contribution in [0.5, 0.6) is 0 Å². The van der Waals surface area contributed by atoms with Crippen molar-refractivity contribution in [2.75, 3.05) is 13.1 Å². The Hall–Kier alpha value is -1.55. The average Bonchev–Trinajstić information content (AvgIpc) is 2.99. The van der Waals surface area contributed by atoms with Gasteiger partial charge in [-0.2, -0.15) is 0 Å². The van der Waals surface area contributed by atoms with E-state index in [2.05, 4.69) is 6.92 Å². The highest BCUT2D eigenvalue weighted by molar-refractivity contribution is 5.67. The molecule has 24 heavy (non-hydrogen) atoms. The Bertz CT molecular complexity index is 497. The molecule has 1 amide bonds. The van der Waals surface area contributed by atoms with Crippen molar-refractivity contribution in [1.82, 2.24) is 4.90 Å². The molecule has 1 aromatic carbocycles. The summed E-state index contributed by atoms with van der Waals surface area (Å²) >= 11 is 0. The second kappa shape index (κ2) is 9.07. The minimum Gasteiger partial charge on any atom is -0.445 e. The van der Waals surface area contributed by atoms with E-state index in [0.717, 1.165) is 37.4 Å². The minimum absolute atomic E-state index is 0. The van der Waals surface area contributed by atoms with E-state index in [9.17, 15) is 4.79 Å². The third-order valence-corrected chi connectivity index (χ3v) is 4.94. The Morgan fingerprint density at radius 1 is 1.08 bits per heavy atom. The lowest BCUT2D eigenvalue weighted by molar-refractivity contribution is -0.0394. The number of benzene rings is 1. The van der Waals surface area contributed by atoms with Crippen LogP contribution in [-0.4, -0.2) is 36.3 Å². The summed E-state index contributed by atoms with van der Waals surface area (Å²) in [5.41, 5.74) is 1.02. The van der Waals surface area contributed by atoms with Crippen LogP contribution >= 0.6 is 0 Å². The molecule has 0 aromatic heterocycles. The van der Waals surface area contributed by atoms with Crippen molar-refractivity contribution in [3.63, 3.8) is 0 Å². The molecule has 0 N–H and O–H groups in total. The Kier molecular flexibility index (Phi) is 7.10. The van der Waals surface area contributed by atoms with Crippen LogP contribution in [-0.2, 0) is 16.1 Å². The smallest absolute Gasteiger partial charge is 0.410 e. The van der Waals surface area contributed by atoms with Crippen LogP contribution in [0.2, 0.25) is 0 Å². The molecule has 0 radical (unpaired) electrons. The fourth-order valence-corrected chi connectivity index (χ4v) is 3.54. The molecule has 2 unspecified atom stereocenters. The van der Waals surface area contributed by atoms with E-state index in [4.69, 9.17) is 9.47 Å². The lowest BCUT2D eigenvalue weighted by Gasteiger charge is -2.32. The predicted molar refractivity (Wildman–Crippen MR) is 95.8 cm³/mol. The van der Waals surface area contributed by atoms with E-state index in [1.165, 1.54) is 19.3 Å². The molecule has 1 aromatic rings. The molecule has 1 aliphatic carbocycles. The molecule has 1 saturated heterocycles. The first-order valence-corrected chi connectivity index (χ1v) is 8.82. The second-order valence-electron chi connectivity index (χ2n) is 6.90. The maximum atomic E-state index is 12.1. The number of ether oxygens (including phenoxy) is 2. The Balaban J connectivity index is 0.00000208. The van der Waals surface area contributed by atoms with E-state index in [1.54, 1.807) is 4.90 Å². The largest absolute Gasteiger partial charge is 0.445 e. The van der Waals surface area contributed by atoms with Gasteiger partial charge < -0.3 is 14.4 Å². The summed E-state index contributed by atoms with van der Waals surface area (Å²) in [6.07, 6.45) is 6.06. The molecule has 2 fully saturated rings. The van der Waals surface area contributed by atoms with Gasteiger partial charge in [0, 0.05) is 13.1 Å². The SMILES string of the molecule is C.CC1CCC(OC2CCN(C(=O)OCc3ccccc3)CC2)C1. The van der Waals surface area contributed by atoms with Gasteiger partial charge in [-0.1, -0.05) is 44.7 Å². The number of hydrogen-bond acceptors (Lipinski definition) is 3. The monoisotopic (exact) mass is 333 g/mol. The first kappa shape index (κ1) is 18.8. The number of amides is 1. The summed E-state index contributed by atoms with van der Waals surface area (Å²) in [5, 5.41) is 0. The molecule has 0 bridgehead atoms. The number of nitrogens with zero attached hydrogens (tertiary/aromatic N) is 1. The van der Waals surface area contributed by atoms with Crippen LogP contribution in [0.1, 0.15) is 52.0 Å². The van der Waals surface area contributed by atoms with Crippen LogP contribution in [0, 0.1) is 5.92 Å². The van der Waals surface area contributed by atoms with Gasteiger partial charge in [-0.05, 0) is 43.6 Å². The summed E-state index contributed by atoms with van der Waals surface area (Å²) in [6, 6.07) is 9.80. The highest BCUT2D eigenvalue weighted by Crippen LogP contribution is 2.29. The molecule has 1 saturated carbocycles. The summed E-state index contributed by atoms with van der Waals surface area (Å²) in [4.78, 5) is 13.9. The van der Waals surface area contributed by atoms with Gasteiger partial charge in [0.25, 0.3) is 0 Å². The summed E-state index contributed by atoms with van der Waals surface area (Å²) in [7, 11) is 0. The summed E-state index contributed by atoms with van der Waals surface area (Å²) in [6.45, 7) is 4.12. The Morgan fingerprint density at radius 2 is 1.79 bits per heavy atom. The van der Waals surface area contributed by atoms with E-state index in [0.29, 0.717) is 18.8 Å². The van der Waals surface area contributed by atoms with Crippen LogP contribution in [0.3, 0.4) is 0 Å². The van der Waals surface area contributed by atoms with Crippen molar-refractivity contribution >= 4 is 6.09 Å². The first-order chi connectivity index (χ1) is 11.2. The molecule has 1 aliphatic heterocycles. The first-order valence-electron chi connectivity index (χ1n) is 8.82. The normalized spacial score (nSPS) is 24.5. The quantitative estimate of drug-likeness (QED) is 0.806. The van der Waals surface area contributed by atoms with E-state index < -0.39 is 0 Å². The topological polar surface area (TPSA) is 38.8 Å². The predicted octanol–water partition coefficient (Wildman–Crippen LogP) is 4.63. The number of rotatable bonds is 4. The Labute approximate surface area is 146 Å². The van der Waals surface area contributed by atoms with Crippen LogP contribution in [0.15, 0.2) is 30.3 Å². The van der Waals surface area contributed by atoms with Gasteiger partial charge in [-0.25, -0.2) is 4.79 Å². The highest BCUT2D eigenvalue weighted by atomic mass is 16.6. The van der Waals surface area contributed by atoms with Gasteiger partial charge in [0.15, 0.2) is 0 Å². The molecular weight excluding hydrogens is 302 g/mol. The van der Waals surface area contributed by atoms with Gasteiger partial charge in [0.1, 0.15) is 6.61 Å². The lowest BCUT2D eigenvalue weighted by atomic mass is 10.1. The summed E-state index contributed by atoms with van der Waals surface area (Å²) in [5.74, 6) is 0.799. The molecule has 134 valence electrons. The lowest BCUT2D eigenvalue weighted by Crippen LogP contribution is -2.41. The maximum Gasteiger partial charge on any atom is 0.410 e. The molecule has 0 spiro atoms. The molecule has 1 heterocycles. The number of carbonyl (C=O) groups excluding carboxylic acids is 1. The van der Waals surface area contributed by atoms with Crippen molar-refractivity contribution in [1.29, 1.82) is 0 Å². The molecular formula is C20H31NO3. The third kappa shape index (κ3) is 5.23. The van der Waals surface area contributed by atoms with E-state index in [1.807, 2.05) is 30.3 Å². The third-order valence-electron chi connectivity index (χ3n) is 4.94. The van der Waals surface area contributed by atoms with Crippen molar-refractivity contribution in [2.24, 2.45) is 5.92 Å². The zero-order chi connectivity index (χ0) is 16.1. The number of carbonyl (C=O) groups is 1. The van der Waals surface area contributed by atoms with Gasteiger partial charge in [-0.15, -0.1) is 0 Å². The standard InChI is InChI=1S/C19H27NO3.CH4/c1-15-7-8-18(13-15)23-17-9-11-20(12-10-17)19(21)22-14-16-5-3-2-4-6-16;/h2-6,15,17-18H,7-14H2,1H3;1H4. The van der Waals surface area contributed by atoms with E-state index >= 15 is 0 Å². The zero-order valence-corrected chi connectivity index (χ0v) is 13.9. The van der Waals surface area contributed by atoms with Gasteiger partial charge >= 0.3 is 6.09 Å². The van der Waals surface area contributed by atoms with E-state index in [-0.39, 0.29) is 13.5 Å². The van der Waals surface area contributed by atoms with Crippen LogP contribution in [0.4, 0.5) is 4.79 Å². The van der Waals surface area contributed by atoms with Gasteiger partial charge in [0.05, 0.1) is 12.2 Å². The fourth-order valence-electron chi connectivity index (χ4n) is 3.54. The average molecular weight is 333 g/mol. The zero-order valence-electron chi connectivity index (χ0n) is 13.9. The maximum absolute atomic E-state index is 12.1. The molecule has 3 rings (SSSR count). The van der Waals surface area contributed by atoms with Crippen LogP contribution in [0.25, 0.3) is 0 Å². The fraction of sp³-hybridized carbons (Fsp3) is 0.650. The van der Waals surface area contributed by atoms with Gasteiger partial charge in [-0.3, -0.25) is 0 Å². The summed E-state index contributed by atoms with van der Waals surface area (Å²) < 4.78 is 11.6. The van der Waals surface area contributed by atoms with Crippen molar-refractivity contribution < 1.29 is 14.3 Å². The number of hydrogen-bond donors (Lipinski definition) is 0. The highest BCUT2D eigenvalue weighted by Gasteiger charge is 2.29.